The Morgan fingerprint density at radius 2 is 2.00 bits per heavy atom. The van der Waals surface area contributed by atoms with E-state index in [0.29, 0.717) is 6.04 Å². The predicted octanol–water partition coefficient (Wildman–Crippen LogP) is 2.14. The third-order valence-electron chi connectivity index (χ3n) is 2.54. The summed E-state index contributed by atoms with van der Waals surface area (Å²) in [6, 6.07) is 8.27. The van der Waals surface area contributed by atoms with Gasteiger partial charge >= 0.3 is 0 Å². The lowest BCUT2D eigenvalue weighted by atomic mass is 10.1. The van der Waals surface area contributed by atoms with Gasteiger partial charge in [0.2, 0.25) is 0 Å². The van der Waals surface area contributed by atoms with Gasteiger partial charge in [0.15, 0.2) is 0 Å². The lowest BCUT2D eigenvalue weighted by Crippen LogP contribution is -2.25. The van der Waals surface area contributed by atoms with Crippen LogP contribution < -0.4 is 5.32 Å². The molecular weight excluding hydrogens is 174 g/mol. The van der Waals surface area contributed by atoms with Crippen LogP contribution >= 0.6 is 0 Å². The summed E-state index contributed by atoms with van der Waals surface area (Å²) in [7, 11) is 0. The molecule has 1 fully saturated rings. The molecule has 1 saturated carbocycles. The van der Waals surface area contributed by atoms with E-state index in [9.17, 15) is 4.79 Å². The number of nitrogens with one attached hydrogen (secondary N) is 1. The molecule has 1 aromatic carbocycles. The Labute approximate surface area is 84.3 Å². The first-order valence-electron chi connectivity index (χ1n) is 5.19. The minimum absolute atomic E-state index is 0.0650. The lowest BCUT2D eigenvalue weighted by Gasteiger charge is -2.03. The highest BCUT2D eigenvalue weighted by Gasteiger charge is 2.23. The molecule has 2 heteroatoms. The molecule has 74 valence electrons. The van der Waals surface area contributed by atoms with Crippen LogP contribution in [0.3, 0.4) is 0 Å². The minimum Gasteiger partial charge on any atom is -0.349 e. The van der Waals surface area contributed by atoms with Gasteiger partial charge < -0.3 is 5.32 Å². The normalized spacial score (nSPS) is 15.2. The van der Waals surface area contributed by atoms with Gasteiger partial charge in [0.25, 0.3) is 5.91 Å². The molecule has 1 aromatic rings. The van der Waals surface area contributed by atoms with Crippen LogP contribution in [0.25, 0.3) is 0 Å². The summed E-state index contributed by atoms with van der Waals surface area (Å²) < 4.78 is 0. The average molecular weight is 189 g/mol. The molecule has 0 aromatic heterocycles. The first-order chi connectivity index (χ1) is 6.79. The summed E-state index contributed by atoms with van der Waals surface area (Å²) in [4.78, 5) is 11.6. The van der Waals surface area contributed by atoms with Gasteiger partial charge in [-0.15, -0.1) is 0 Å². The quantitative estimate of drug-likeness (QED) is 0.775. The van der Waals surface area contributed by atoms with Gasteiger partial charge in [-0.3, -0.25) is 4.79 Å². The van der Waals surface area contributed by atoms with Gasteiger partial charge in [-0.25, -0.2) is 0 Å². The highest BCUT2D eigenvalue weighted by atomic mass is 16.1. The third kappa shape index (κ3) is 2.13. The largest absolute Gasteiger partial charge is 0.349 e. The van der Waals surface area contributed by atoms with Crippen molar-refractivity contribution in [3.63, 3.8) is 0 Å². The fourth-order valence-electron chi connectivity index (χ4n) is 1.39. The summed E-state index contributed by atoms with van der Waals surface area (Å²) in [6.07, 6.45) is 3.29. The fraction of sp³-hybridized carbons (Fsp3) is 0.417. The Morgan fingerprint density at radius 1 is 1.36 bits per heavy atom. The molecule has 0 atom stereocenters. The zero-order chi connectivity index (χ0) is 9.97. The first kappa shape index (κ1) is 9.25. The standard InChI is InChI=1S/C12H15NO/c1-2-9-3-5-10(6-4-9)12(14)13-11-7-8-11/h3-6,11H,2,7-8H2,1H3,(H,13,14). The second kappa shape index (κ2) is 3.82. The highest BCUT2D eigenvalue weighted by Crippen LogP contribution is 2.19. The van der Waals surface area contributed by atoms with Crippen molar-refractivity contribution in [3.8, 4) is 0 Å². The zero-order valence-corrected chi connectivity index (χ0v) is 8.42. The van der Waals surface area contributed by atoms with Crippen molar-refractivity contribution in [1.82, 2.24) is 5.32 Å². The van der Waals surface area contributed by atoms with Crippen molar-refractivity contribution >= 4 is 5.91 Å². The second-order valence-corrected chi connectivity index (χ2v) is 3.80. The van der Waals surface area contributed by atoms with Gasteiger partial charge in [0.1, 0.15) is 0 Å². The van der Waals surface area contributed by atoms with E-state index in [0.717, 1.165) is 24.8 Å². The van der Waals surface area contributed by atoms with E-state index in [1.165, 1.54) is 5.56 Å². The van der Waals surface area contributed by atoms with E-state index in [1.807, 2.05) is 24.3 Å². The van der Waals surface area contributed by atoms with Gasteiger partial charge in [-0.1, -0.05) is 19.1 Å². The smallest absolute Gasteiger partial charge is 0.251 e. The number of carbonyl (C=O) groups excluding carboxylic acids is 1. The number of benzene rings is 1. The number of rotatable bonds is 3. The van der Waals surface area contributed by atoms with Crippen LogP contribution in [-0.4, -0.2) is 11.9 Å². The molecule has 0 spiro atoms. The maximum atomic E-state index is 11.6. The van der Waals surface area contributed by atoms with Gasteiger partial charge in [0, 0.05) is 11.6 Å². The molecule has 1 aliphatic rings. The van der Waals surface area contributed by atoms with Crippen LogP contribution in [0.5, 0.6) is 0 Å². The molecule has 1 N–H and O–H groups in total. The van der Waals surface area contributed by atoms with Gasteiger partial charge in [-0.05, 0) is 37.0 Å². The van der Waals surface area contributed by atoms with E-state index in [-0.39, 0.29) is 5.91 Å². The van der Waals surface area contributed by atoms with Crippen LogP contribution in [-0.2, 0) is 6.42 Å². The Bertz CT molecular complexity index is 325. The van der Waals surface area contributed by atoms with E-state index >= 15 is 0 Å². The Balaban J connectivity index is 2.03. The number of aryl methyl sites for hydroxylation is 1. The topological polar surface area (TPSA) is 29.1 Å². The SMILES string of the molecule is CCc1ccc(C(=O)NC2CC2)cc1. The number of amides is 1. The Kier molecular flexibility index (Phi) is 2.53. The Hall–Kier alpha value is -1.31. The van der Waals surface area contributed by atoms with Crippen molar-refractivity contribution in [1.29, 1.82) is 0 Å². The molecule has 2 rings (SSSR count). The molecule has 0 radical (unpaired) electrons. The summed E-state index contributed by atoms with van der Waals surface area (Å²) >= 11 is 0. The fourth-order valence-corrected chi connectivity index (χ4v) is 1.39. The van der Waals surface area contributed by atoms with Crippen molar-refractivity contribution in [3.05, 3.63) is 35.4 Å². The molecule has 1 aliphatic carbocycles. The molecule has 2 nitrogen and oxygen atoms in total. The number of hydrogen-bond donors (Lipinski definition) is 1. The minimum atomic E-state index is 0.0650. The van der Waals surface area contributed by atoms with Crippen molar-refractivity contribution in [2.75, 3.05) is 0 Å². The van der Waals surface area contributed by atoms with Gasteiger partial charge in [0.05, 0.1) is 0 Å². The van der Waals surface area contributed by atoms with Crippen molar-refractivity contribution in [2.45, 2.75) is 32.2 Å². The summed E-state index contributed by atoms with van der Waals surface area (Å²) in [6.45, 7) is 2.11. The van der Waals surface area contributed by atoms with E-state index in [1.54, 1.807) is 0 Å². The van der Waals surface area contributed by atoms with Crippen molar-refractivity contribution in [2.24, 2.45) is 0 Å². The lowest BCUT2D eigenvalue weighted by molar-refractivity contribution is 0.0951. The maximum absolute atomic E-state index is 11.6. The predicted molar refractivity (Wildman–Crippen MR) is 56.3 cm³/mol. The number of carbonyl (C=O) groups is 1. The first-order valence-corrected chi connectivity index (χ1v) is 5.19. The molecule has 0 bridgehead atoms. The maximum Gasteiger partial charge on any atom is 0.251 e. The molecular formula is C12H15NO. The average Bonchev–Trinajstić information content (AvgIpc) is 3.02. The highest BCUT2D eigenvalue weighted by molar-refractivity contribution is 5.94. The molecule has 0 heterocycles. The molecule has 0 unspecified atom stereocenters. The molecule has 14 heavy (non-hydrogen) atoms. The van der Waals surface area contributed by atoms with E-state index in [4.69, 9.17) is 0 Å². The Morgan fingerprint density at radius 3 is 2.50 bits per heavy atom. The monoisotopic (exact) mass is 189 g/mol. The third-order valence-corrected chi connectivity index (χ3v) is 2.54. The van der Waals surface area contributed by atoms with Crippen molar-refractivity contribution < 1.29 is 4.79 Å². The van der Waals surface area contributed by atoms with Crippen LogP contribution in [0.1, 0.15) is 35.7 Å². The summed E-state index contributed by atoms with van der Waals surface area (Å²) in [5, 5.41) is 2.97. The zero-order valence-electron chi connectivity index (χ0n) is 8.42. The number of hydrogen-bond acceptors (Lipinski definition) is 1. The van der Waals surface area contributed by atoms with Crippen LogP contribution in [0.2, 0.25) is 0 Å². The molecule has 0 saturated heterocycles. The molecule has 1 amide bonds. The van der Waals surface area contributed by atoms with Crippen LogP contribution in [0.4, 0.5) is 0 Å². The van der Waals surface area contributed by atoms with Gasteiger partial charge in [-0.2, -0.15) is 0 Å². The van der Waals surface area contributed by atoms with Crippen LogP contribution in [0.15, 0.2) is 24.3 Å². The van der Waals surface area contributed by atoms with Crippen LogP contribution in [0, 0.1) is 0 Å². The van der Waals surface area contributed by atoms with E-state index in [2.05, 4.69) is 12.2 Å². The molecule has 0 aliphatic heterocycles. The summed E-state index contributed by atoms with van der Waals surface area (Å²) in [5.74, 6) is 0.0650. The van der Waals surface area contributed by atoms with E-state index < -0.39 is 0 Å². The summed E-state index contributed by atoms with van der Waals surface area (Å²) in [5.41, 5.74) is 2.04. The second-order valence-electron chi connectivity index (χ2n) is 3.80.